The highest BCUT2D eigenvalue weighted by Crippen LogP contribution is 2.29. The van der Waals surface area contributed by atoms with Crippen molar-refractivity contribution in [3.63, 3.8) is 0 Å². The molecule has 1 atom stereocenters. The van der Waals surface area contributed by atoms with Gasteiger partial charge in [0.05, 0.1) is 10.7 Å². The van der Waals surface area contributed by atoms with Gasteiger partial charge in [-0.3, -0.25) is 4.79 Å². The summed E-state index contributed by atoms with van der Waals surface area (Å²) < 4.78 is 0. The molecule has 0 radical (unpaired) electrons. The van der Waals surface area contributed by atoms with Crippen molar-refractivity contribution in [2.45, 2.75) is 45.6 Å². The predicted octanol–water partition coefficient (Wildman–Crippen LogP) is 3.17. The fourth-order valence-electron chi connectivity index (χ4n) is 2.20. The lowest BCUT2D eigenvalue weighted by molar-refractivity contribution is -0.139. The summed E-state index contributed by atoms with van der Waals surface area (Å²) in [5, 5.41) is 12.9. The highest BCUT2D eigenvalue weighted by atomic mass is 32.1. The number of amides is 1. The molecular formula is C18H22N2O3S. The molecule has 1 aromatic heterocycles. The zero-order valence-corrected chi connectivity index (χ0v) is 15.1. The van der Waals surface area contributed by atoms with Crippen LogP contribution < -0.4 is 5.32 Å². The van der Waals surface area contributed by atoms with E-state index in [1.54, 1.807) is 6.92 Å². The van der Waals surface area contributed by atoms with Crippen molar-refractivity contribution in [1.82, 2.24) is 10.3 Å². The second-order valence-corrected chi connectivity index (χ2v) is 7.74. The monoisotopic (exact) mass is 346 g/mol. The standard InChI is InChI=1S/C18H22N2O3S/c1-11-14(24-17(19-11)18(2,3)4)15(21)20-13(16(22)23)10-12-8-6-5-7-9-12/h5-9,13H,10H2,1-4H3,(H,20,21)(H,22,23)/t13-/m1/s1. The van der Waals surface area contributed by atoms with Crippen LogP contribution in [0.1, 0.15) is 46.7 Å². The third-order valence-electron chi connectivity index (χ3n) is 3.53. The second kappa shape index (κ2) is 7.13. The van der Waals surface area contributed by atoms with Crippen molar-refractivity contribution in [2.24, 2.45) is 0 Å². The van der Waals surface area contributed by atoms with Gasteiger partial charge >= 0.3 is 5.97 Å². The number of hydrogen-bond donors (Lipinski definition) is 2. The van der Waals surface area contributed by atoms with E-state index in [2.05, 4.69) is 10.3 Å². The zero-order valence-electron chi connectivity index (χ0n) is 14.3. The lowest BCUT2D eigenvalue weighted by Crippen LogP contribution is -2.42. The Morgan fingerprint density at radius 2 is 1.88 bits per heavy atom. The number of hydrogen-bond acceptors (Lipinski definition) is 4. The van der Waals surface area contributed by atoms with Crippen LogP contribution in [-0.4, -0.2) is 28.0 Å². The van der Waals surface area contributed by atoms with Gasteiger partial charge in [0.15, 0.2) is 0 Å². The molecule has 2 rings (SSSR count). The summed E-state index contributed by atoms with van der Waals surface area (Å²) in [6.45, 7) is 7.86. The van der Waals surface area contributed by atoms with Gasteiger partial charge in [0.2, 0.25) is 0 Å². The summed E-state index contributed by atoms with van der Waals surface area (Å²) in [6.07, 6.45) is 0.242. The first-order chi connectivity index (χ1) is 11.2. The number of rotatable bonds is 5. The Hall–Kier alpha value is -2.21. The Bertz CT molecular complexity index is 732. The minimum Gasteiger partial charge on any atom is -0.480 e. The van der Waals surface area contributed by atoms with E-state index >= 15 is 0 Å². The number of carbonyl (C=O) groups excluding carboxylic acids is 1. The SMILES string of the molecule is Cc1nc(C(C)(C)C)sc1C(=O)N[C@H](Cc1ccccc1)C(=O)O. The second-order valence-electron chi connectivity index (χ2n) is 6.74. The Morgan fingerprint density at radius 1 is 1.25 bits per heavy atom. The van der Waals surface area contributed by atoms with Gasteiger partial charge in [-0.05, 0) is 12.5 Å². The third kappa shape index (κ3) is 4.41. The molecule has 5 nitrogen and oxygen atoms in total. The van der Waals surface area contributed by atoms with Crippen LogP contribution in [0.15, 0.2) is 30.3 Å². The lowest BCUT2D eigenvalue weighted by Gasteiger charge is -2.14. The van der Waals surface area contributed by atoms with Gasteiger partial charge in [-0.15, -0.1) is 11.3 Å². The van der Waals surface area contributed by atoms with Crippen molar-refractivity contribution < 1.29 is 14.7 Å². The number of aliphatic carboxylic acids is 1. The summed E-state index contributed by atoms with van der Waals surface area (Å²) >= 11 is 1.32. The Kier molecular flexibility index (Phi) is 5.39. The first-order valence-electron chi connectivity index (χ1n) is 7.74. The van der Waals surface area contributed by atoms with Crippen LogP contribution in [0.25, 0.3) is 0 Å². The van der Waals surface area contributed by atoms with Gasteiger partial charge in [-0.2, -0.15) is 0 Å². The van der Waals surface area contributed by atoms with Crippen LogP contribution in [0.2, 0.25) is 0 Å². The molecule has 0 aliphatic rings. The van der Waals surface area contributed by atoms with Gasteiger partial charge in [-0.25, -0.2) is 9.78 Å². The van der Waals surface area contributed by atoms with Gasteiger partial charge in [0, 0.05) is 11.8 Å². The molecule has 1 heterocycles. The molecular weight excluding hydrogens is 324 g/mol. The van der Waals surface area contributed by atoms with Crippen LogP contribution in [-0.2, 0) is 16.6 Å². The minimum absolute atomic E-state index is 0.149. The van der Waals surface area contributed by atoms with E-state index in [0.29, 0.717) is 10.6 Å². The van der Waals surface area contributed by atoms with Gasteiger partial charge in [0.25, 0.3) is 5.91 Å². The maximum absolute atomic E-state index is 12.5. The van der Waals surface area contributed by atoms with E-state index in [-0.39, 0.29) is 17.7 Å². The van der Waals surface area contributed by atoms with Crippen molar-refractivity contribution >= 4 is 23.2 Å². The van der Waals surface area contributed by atoms with E-state index < -0.39 is 12.0 Å². The minimum atomic E-state index is -1.05. The topological polar surface area (TPSA) is 79.3 Å². The van der Waals surface area contributed by atoms with E-state index in [1.807, 2.05) is 51.1 Å². The van der Waals surface area contributed by atoms with Crippen LogP contribution in [0, 0.1) is 6.92 Å². The number of aromatic nitrogens is 1. The molecule has 0 unspecified atom stereocenters. The van der Waals surface area contributed by atoms with Gasteiger partial charge in [0.1, 0.15) is 10.9 Å². The van der Waals surface area contributed by atoms with Crippen molar-refractivity contribution in [1.29, 1.82) is 0 Å². The summed E-state index contributed by atoms with van der Waals surface area (Å²) in [4.78, 5) is 28.9. The van der Waals surface area contributed by atoms with Gasteiger partial charge in [-0.1, -0.05) is 51.1 Å². The quantitative estimate of drug-likeness (QED) is 0.871. The normalized spacial score (nSPS) is 12.7. The summed E-state index contributed by atoms with van der Waals surface area (Å²) in [7, 11) is 0. The first-order valence-corrected chi connectivity index (χ1v) is 8.55. The van der Waals surface area contributed by atoms with Crippen molar-refractivity contribution in [3.8, 4) is 0 Å². The number of nitrogens with zero attached hydrogens (tertiary/aromatic N) is 1. The molecule has 2 aromatic rings. The Labute approximate surface area is 145 Å². The lowest BCUT2D eigenvalue weighted by atomic mass is 9.98. The average Bonchev–Trinajstić information content (AvgIpc) is 2.89. The van der Waals surface area contributed by atoms with Crippen molar-refractivity contribution in [3.05, 3.63) is 51.5 Å². The molecule has 0 aliphatic carbocycles. The largest absolute Gasteiger partial charge is 0.480 e. The van der Waals surface area contributed by atoms with E-state index in [9.17, 15) is 14.7 Å². The third-order valence-corrected chi connectivity index (χ3v) is 5.11. The molecule has 0 bridgehead atoms. The number of thiazole rings is 1. The molecule has 0 fully saturated rings. The smallest absolute Gasteiger partial charge is 0.326 e. The maximum atomic E-state index is 12.5. The molecule has 0 saturated carbocycles. The highest BCUT2D eigenvalue weighted by Gasteiger charge is 2.26. The highest BCUT2D eigenvalue weighted by molar-refractivity contribution is 7.14. The molecule has 2 N–H and O–H groups in total. The van der Waals surface area contributed by atoms with Gasteiger partial charge < -0.3 is 10.4 Å². The number of aryl methyl sites for hydroxylation is 1. The molecule has 128 valence electrons. The fraction of sp³-hybridized carbons (Fsp3) is 0.389. The average molecular weight is 346 g/mol. The molecule has 0 saturated heterocycles. The molecule has 0 spiro atoms. The molecule has 0 aliphatic heterocycles. The number of benzene rings is 1. The zero-order chi connectivity index (χ0) is 17.9. The van der Waals surface area contributed by atoms with Crippen LogP contribution in [0.4, 0.5) is 0 Å². The van der Waals surface area contributed by atoms with Crippen LogP contribution >= 0.6 is 11.3 Å². The van der Waals surface area contributed by atoms with E-state index in [4.69, 9.17) is 0 Å². The van der Waals surface area contributed by atoms with E-state index in [0.717, 1.165) is 10.6 Å². The maximum Gasteiger partial charge on any atom is 0.326 e. The number of carbonyl (C=O) groups is 2. The Morgan fingerprint density at radius 3 is 2.38 bits per heavy atom. The molecule has 1 aromatic carbocycles. The molecule has 1 amide bonds. The number of carboxylic acids is 1. The first kappa shape index (κ1) is 18.1. The Balaban J connectivity index is 2.17. The fourth-order valence-corrected chi connectivity index (χ4v) is 3.23. The van der Waals surface area contributed by atoms with Crippen LogP contribution in [0.5, 0.6) is 0 Å². The number of nitrogens with one attached hydrogen (secondary N) is 1. The summed E-state index contributed by atoms with van der Waals surface area (Å²) in [5.74, 6) is -1.44. The molecule has 6 heteroatoms. The summed E-state index contributed by atoms with van der Waals surface area (Å²) in [5.41, 5.74) is 1.34. The molecule has 24 heavy (non-hydrogen) atoms. The van der Waals surface area contributed by atoms with Crippen molar-refractivity contribution in [2.75, 3.05) is 0 Å². The van der Waals surface area contributed by atoms with Crippen LogP contribution in [0.3, 0.4) is 0 Å². The van der Waals surface area contributed by atoms with E-state index in [1.165, 1.54) is 11.3 Å². The number of carboxylic acid groups (broad SMARTS) is 1. The predicted molar refractivity (Wildman–Crippen MR) is 94.6 cm³/mol. The summed E-state index contributed by atoms with van der Waals surface area (Å²) in [6, 6.07) is 8.28.